The van der Waals surface area contributed by atoms with E-state index in [2.05, 4.69) is 5.32 Å². The average Bonchev–Trinajstić information content (AvgIpc) is 3.17. The Hall–Kier alpha value is -2.08. The Morgan fingerprint density at radius 1 is 1.21 bits per heavy atom. The topological polar surface area (TPSA) is 67.5 Å². The molecule has 6 heteroatoms. The van der Waals surface area contributed by atoms with Crippen LogP contribution in [0, 0.1) is 5.41 Å². The van der Waals surface area contributed by atoms with E-state index in [4.69, 9.17) is 4.42 Å². The minimum absolute atomic E-state index is 0.132. The van der Waals surface area contributed by atoms with Crippen molar-refractivity contribution in [3.05, 3.63) is 34.8 Å². The zero-order chi connectivity index (χ0) is 16.6. The molecule has 2 fully saturated rings. The van der Waals surface area contributed by atoms with Gasteiger partial charge in [-0.3, -0.25) is 9.36 Å². The van der Waals surface area contributed by atoms with E-state index in [0.29, 0.717) is 24.0 Å². The number of nitrogens with one attached hydrogen (secondary N) is 1. The lowest BCUT2D eigenvalue weighted by molar-refractivity contribution is -0.133. The first-order valence-electron chi connectivity index (χ1n) is 8.74. The fraction of sp³-hybridized carbons (Fsp3) is 0.556. The number of para-hydroxylation sites is 2. The second kappa shape index (κ2) is 6.09. The lowest BCUT2D eigenvalue weighted by Gasteiger charge is -2.39. The van der Waals surface area contributed by atoms with Gasteiger partial charge in [-0.2, -0.15) is 0 Å². The normalized spacial score (nSPS) is 20.1. The van der Waals surface area contributed by atoms with Crippen LogP contribution in [0.5, 0.6) is 0 Å². The fourth-order valence-electron chi connectivity index (χ4n) is 4.04. The summed E-state index contributed by atoms with van der Waals surface area (Å²) in [6.07, 6.45) is 3.74. The zero-order valence-electron chi connectivity index (χ0n) is 13.8. The maximum absolute atomic E-state index is 12.5. The molecular formula is C18H23N3O3. The summed E-state index contributed by atoms with van der Waals surface area (Å²) < 4.78 is 6.77. The first-order chi connectivity index (χ1) is 11.7. The predicted octanol–water partition coefficient (Wildman–Crippen LogP) is 1.59. The number of aryl methyl sites for hydroxylation is 1. The SMILES string of the molecule is O=C(CCn1c(=O)oc2ccccc21)N1CCC2(CCNC2)CC1. The van der Waals surface area contributed by atoms with Gasteiger partial charge in [0.15, 0.2) is 5.58 Å². The summed E-state index contributed by atoms with van der Waals surface area (Å²) >= 11 is 0. The Morgan fingerprint density at radius 3 is 2.75 bits per heavy atom. The molecule has 2 aromatic rings. The van der Waals surface area contributed by atoms with E-state index < -0.39 is 5.76 Å². The van der Waals surface area contributed by atoms with Crippen molar-refractivity contribution in [2.45, 2.75) is 32.2 Å². The quantitative estimate of drug-likeness (QED) is 0.928. The van der Waals surface area contributed by atoms with Gasteiger partial charge in [-0.15, -0.1) is 0 Å². The van der Waals surface area contributed by atoms with Crippen LogP contribution in [-0.4, -0.2) is 41.6 Å². The minimum Gasteiger partial charge on any atom is -0.408 e. The molecule has 4 rings (SSSR count). The van der Waals surface area contributed by atoms with Crippen molar-refractivity contribution in [2.75, 3.05) is 26.2 Å². The van der Waals surface area contributed by atoms with Crippen LogP contribution in [0.25, 0.3) is 11.1 Å². The van der Waals surface area contributed by atoms with Gasteiger partial charge in [-0.05, 0) is 43.4 Å². The van der Waals surface area contributed by atoms with Crippen LogP contribution >= 0.6 is 0 Å². The lowest BCUT2D eigenvalue weighted by Crippen LogP contribution is -2.44. The number of oxazole rings is 1. The van der Waals surface area contributed by atoms with Gasteiger partial charge in [0.05, 0.1) is 5.52 Å². The molecule has 1 spiro atoms. The van der Waals surface area contributed by atoms with E-state index in [0.717, 1.165) is 44.5 Å². The summed E-state index contributed by atoms with van der Waals surface area (Å²) in [6.45, 7) is 4.23. The number of carbonyl (C=O) groups is 1. The van der Waals surface area contributed by atoms with Crippen LogP contribution in [0.3, 0.4) is 0 Å². The molecule has 2 aliphatic rings. The summed E-state index contributed by atoms with van der Waals surface area (Å²) in [4.78, 5) is 26.4. The smallest absolute Gasteiger partial charge is 0.408 e. The number of fused-ring (bicyclic) bond motifs is 1. The molecule has 1 amide bonds. The van der Waals surface area contributed by atoms with Crippen molar-refractivity contribution < 1.29 is 9.21 Å². The molecular weight excluding hydrogens is 306 g/mol. The third-order valence-electron chi connectivity index (χ3n) is 5.63. The van der Waals surface area contributed by atoms with Gasteiger partial charge in [0, 0.05) is 32.6 Å². The third kappa shape index (κ3) is 2.75. The van der Waals surface area contributed by atoms with Crippen molar-refractivity contribution in [3.8, 4) is 0 Å². The molecule has 0 atom stereocenters. The van der Waals surface area contributed by atoms with Crippen molar-refractivity contribution in [1.29, 1.82) is 0 Å². The number of nitrogens with zero attached hydrogens (tertiary/aromatic N) is 2. The van der Waals surface area contributed by atoms with Crippen molar-refractivity contribution in [3.63, 3.8) is 0 Å². The second-order valence-electron chi connectivity index (χ2n) is 7.04. The number of aromatic nitrogens is 1. The molecule has 24 heavy (non-hydrogen) atoms. The molecule has 2 aliphatic heterocycles. The van der Waals surface area contributed by atoms with Gasteiger partial charge >= 0.3 is 5.76 Å². The summed E-state index contributed by atoms with van der Waals surface area (Å²) in [5, 5.41) is 3.44. The molecule has 0 radical (unpaired) electrons. The predicted molar refractivity (Wildman–Crippen MR) is 90.8 cm³/mol. The lowest BCUT2D eigenvalue weighted by atomic mass is 9.78. The number of benzene rings is 1. The summed E-state index contributed by atoms with van der Waals surface area (Å²) in [6, 6.07) is 7.33. The summed E-state index contributed by atoms with van der Waals surface area (Å²) in [5.41, 5.74) is 1.74. The highest BCUT2D eigenvalue weighted by molar-refractivity contribution is 5.77. The molecule has 1 aromatic heterocycles. The molecule has 6 nitrogen and oxygen atoms in total. The van der Waals surface area contributed by atoms with Gasteiger partial charge in [-0.1, -0.05) is 12.1 Å². The van der Waals surface area contributed by atoms with E-state index in [1.165, 1.54) is 6.42 Å². The zero-order valence-corrected chi connectivity index (χ0v) is 13.8. The highest BCUT2D eigenvalue weighted by Crippen LogP contribution is 2.36. The number of hydrogen-bond donors (Lipinski definition) is 1. The van der Waals surface area contributed by atoms with Crippen LogP contribution in [0.4, 0.5) is 0 Å². The third-order valence-corrected chi connectivity index (χ3v) is 5.63. The number of amides is 1. The molecule has 2 saturated heterocycles. The first kappa shape index (κ1) is 15.4. The largest absolute Gasteiger partial charge is 0.419 e. The average molecular weight is 329 g/mol. The Morgan fingerprint density at radius 2 is 2.00 bits per heavy atom. The maximum atomic E-state index is 12.5. The highest BCUT2D eigenvalue weighted by Gasteiger charge is 2.37. The highest BCUT2D eigenvalue weighted by atomic mass is 16.4. The van der Waals surface area contributed by atoms with E-state index in [1.54, 1.807) is 10.6 Å². The van der Waals surface area contributed by atoms with Crippen LogP contribution in [0.15, 0.2) is 33.5 Å². The number of carbonyl (C=O) groups excluding carboxylic acids is 1. The number of hydrogen-bond acceptors (Lipinski definition) is 4. The van der Waals surface area contributed by atoms with Gasteiger partial charge in [0.25, 0.3) is 0 Å². The molecule has 1 N–H and O–H groups in total. The summed E-state index contributed by atoms with van der Waals surface area (Å²) in [5.74, 6) is -0.258. The van der Waals surface area contributed by atoms with E-state index in [-0.39, 0.29) is 5.91 Å². The Kier molecular flexibility index (Phi) is 3.92. The van der Waals surface area contributed by atoms with Crippen LogP contribution in [-0.2, 0) is 11.3 Å². The standard InChI is InChI=1S/C18H23N3O3/c22-16(20-11-7-18(8-12-20)6-9-19-13-18)5-10-21-14-3-1-2-4-15(14)24-17(21)23/h1-4,19H,5-13H2. The van der Waals surface area contributed by atoms with E-state index in [1.807, 2.05) is 23.1 Å². The Balaban J connectivity index is 1.38. The van der Waals surface area contributed by atoms with Crippen LogP contribution in [0.1, 0.15) is 25.7 Å². The molecule has 3 heterocycles. The number of rotatable bonds is 3. The number of piperidine rings is 1. The van der Waals surface area contributed by atoms with Gasteiger partial charge in [0.2, 0.25) is 5.91 Å². The van der Waals surface area contributed by atoms with Crippen LogP contribution < -0.4 is 11.1 Å². The van der Waals surface area contributed by atoms with Gasteiger partial charge in [-0.25, -0.2) is 4.79 Å². The van der Waals surface area contributed by atoms with Crippen molar-refractivity contribution in [1.82, 2.24) is 14.8 Å². The summed E-state index contributed by atoms with van der Waals surface area (Å²) in [7, 11) is 0. The monoisotopic (exact) mass is 329 g/mol. The minimum atomic E-state index is -0.390. The molecule has 0 bridgehead atoms. The maximum Gasteiger partial charge on any atom is 0.419 e. The Bertz CT molecular complexity index is 791. The molecule has 1 aromatic carbocycles. The molecule has 0 unspecified atom stereocenters. The first-order valence-corrected chi connectivity index (χ1v) is 8.74. The number of likely N-dealkylation sites (tertiary alicyclic amines) is 1. The van der Waals surface area contributed by atoms with Crippen LogP contribution in [0.2, 0.25) is 0 Å². The molecule has 128 valence electrons. The van der Waals surface area contributed by atoms with Crippen molar-refractivity contribution in [2.24, 2.45) is 5.41 Å². The van der Waals surface area contributed by atoms with E-state index in [9.17, 15) is 9.59 Å². The van der Waals surface area contributed by atoms with Gasteiger partial charge < -0.3 is 14.6 Å². The van der Waals surface area contributed by atoms with Gasteiger partial charge in [0.1, 0.15) is 0 Å². The Labute approximate surface area is 140 Å². The molecule has 0 aliphatic carbocycles. The second-order valence-corrected chi connectivity index (χ2v) is 7.04. The molecule has 0 saturated carbocycles. The van der Waals surface area contributed by atoms with Crippen molar-refractivity contribution >= 4 is 17.0 Å². The fourth-order valence-corrected chi connectivity index (χ4v) is 4.04. The van der Waals surface area contributed by atoms with E-state index >= 15 is 0 Å².